The van der Waals surface area contributed by atoms with Crippen LogP contribution in [0.25, 0.3) is 0 Å². The predicted molar refractivity (Wildman–Crippen MR) is 69.0 cm³/mol. The molecule has 1 amide bonds. The number of alkyl halides is 3. The number of benzene rings is 1. The summed E-state index contributed by atoms with van der Waals surface area (Å²) < 4.78 is 31.5. The average molecular weight is 344 g/mol. The van der Waals surface area contributed by atoms with E-state index in [9.17, 15) is 18.0 Å². The molecule has 0 aliphatic heterocycles. The number of aliphatic hydroxyl groups is 1. The van der Waals surface area contributed by atoms with Gasteiger partial charge in [-0.2, -0.15) is 13.2 Å². The van der Waals surface area contributed by atoms with Gasteiger partial charge in [-0.1, -0.05) is 30.3 Å². The second-order valence-corrected chi connectivity index (χ2v) is 4.26. The fourth-order valence-corrected chi connectivity index (χ4v) is 1.12. The molecule has 0 aliphatic carbocycles. The number of halogens is 3. The molecule has 23 heavy (non-hydrogen) atoms. The minimum Gasteiger partial charge on any atom is -0.542 e. The molecule has 0 aliphatic rings. The second-order valence-electron chi connectivity index (χ2n) is 4.26. The molecule has 0 heterocycles. The van der Waals surface area contributed by atoms with Gasteiger partial charge < -0.3 is 26.1 Å². The Morgan fingerprint density at radius 1 is 1.30 bits per heavy atom. The minimum atomic E-state index is -5.19. The van der Waals surface area contributed by atoms with E-state index in [-0.39, 0.29) is 35.5 Å². The van der Waals surface area contributed by atoms with Crippen molar-refractivity contribution in [2.24, 2.45) is 5.73 Å². The SMILES string of the molecule is CC(O)[C@H](N)C(=O)NCc1ccccc1.O=C([O-])C(F)(F)F.[Na+]. The van der Waals surface area contributed by atoms with Crippen LogP contribution in [0.15, 0.2) is 30.3 Å². The predicted octanol–water partition coefficient (Wildman–Crippen LogP) is -3.69. The van der Waals surface area contributed by atoms with Gasteiger partial charge in [0.2, 0.25) is 5.91 Å². The summed E-state index contributed by atoms with van der Waals surface area (Å²) in [7, 11) is 0. The molecule has 0 bridgehead atoms. The smallest absolute Gasteiger partial charge is 0.542 e. The van der Waals surface area contributed by atoms with Crippen molar-refractivity contribution in [3.8, 4) is 0 Å². The van der Waals surface area contributed by atoms with Crippen LogP contribution >= 0.6 is 0 Å². The summed E-state index contributed by atoms with van der Waals surface area (Å²) in [6.07, 6.45) is -6.03. The second kappa shape index (κ2) is 11.4. The zero-order valence-corrected chi connectivity index (χ0v) is 14.6. The monoisotopic (exact) mass is 344 g/mol. The summed E-state index contributed by atoms with van der Waals surface area (Å²) >= 11 is 0. The van der Waals surface area contributed by atoms with E-state index in [2.05, 4.69) is 5.32 Å². The quantitative estimate of drug-likeness (QED) is 0.487. The summed E-state index contributed by atoms with van der Waals surface area (Å²) in [4.78, 5) is 20.1. The number of amides is 1. The zero-order valence-electron chi connectivity index (χ0n) is 12.6. The van der Waals surface area contributed by atoms with Crippen LogP contribution < -0.4 is 45.7 Å². The third-order valence-electron chi connectivity index (χ3n) is 2.36. The molecule has 124 valence electrons. The standard InChI is InChI=1S/C11H16N2O2.C2HF3O2.Na/c1-8(14)10(12)11(15)13-7-9-5-3-2-4-6-9;3-2(4,5)1(6)7;/h2-6,8,10,14H,7,12H2,1H3,(H,13,15);(H,6,7);/q;;+1/p-1/t8?,10-;;/m0../s1. The summed E-state index contributed by atoms with van der Waals surface area (Å²) in [5.41, 5.74) is 6.47. The van der Waals surface area contributed by atoms with Crippen molar-refractivity contribution in [2.45, 2.75) is 31.8 Å². The number of nitrogens with two attached hydrogens (primary N) is 1. The van der Waals surface area contributed by atoms with E-state index in [4.69, 9.17) is 20.7 Å². The maximum atomic E-state index is 11.4. The van der Waals surface area contributed by atoms with Gasteiger partial charge in [0.15, 0.2) is 0 Å². The van der Waals surface area contributed by atoms with Crippen LogP contribution in [0.3, 0.4) is 0 Å². The Hall–Kier alpha value is -1.13. The van der Waals surface area contributed by atoms with Gasteiger partial charge in [-0.05, 0) is 12.5 Å². The largest absolute Gasteiger partial charge is 1.00 e. The average Bonchev–Trinajstić information content (AvgIpc) is 2.44. The third kappa shape index (κ3) is 11.1. The molecular weight excluding hydrogens is 328 g/mol. The van der Waals surface area contributed by atoms with E-state index in [0.29, 0.717) is 6.54 Å². The Balaban J connectivity index is 0. The maximum Gasteiger partial charge on any atom is 1.00 e. The fourth-order valence-electron chi connectivity index (χ4n) is 1.12. The Morgan fingerprint density at radius 2 is 1.74 bits per heavy atom. The molecule has 6 nitrogen and oxygen atoms in total. The van der Waals surface area contributed by atoms with Crippen molar-refractivity contribution in [1.29, 1.82) is 0 Å². The molecule has 0 radical (unpaired) electrons. The summed E-state index contributed by atoms with van der Waals surface area (Å²) in [6.45, 7) is 1.92. The molecule has 1 aromatic rings. The van der Waals surface area contributed by atoms with Gasteiger partial charge in [0, 0.05) is 6.54 Å². The Morgan fingerprint density at radius 3 is 2.09 bits per heavy atom. The number of aliphatic hydroxyl groups excluding tert-OH is 1. The zero-order chi connectivity index (χ0) is 17.3. The van der Waals surface area contributed by atoms with Crippen molar-refractivity contribution in [2.75, 3.05) is 0 Å². The van der Waals surface area contributed by atoms with Crippen molar-refractivity contribution in [3.05, 3.63) is 35.9 Å². The van der Waals surface area contributed by atoms with Gasteiger partial charge in [0.05, 0.1) is 6.10 Å². The summed E-state index contributed by atoms with van der Waals surface area (Å²) in [6, 6.07) is 8.66. The van der Waals surface area contributed by atoms with Crippen molar-refractivity contribution < 1.29 is 62.5 Å². The van der Waals surface area contributed by atoms with Gasteiger partial charge in [0.25, 0.3) is 0 Å². The summed E-state index contributed by atoms with van der Waals surface area (Å²) in [5, 5.41) is 20.5. The number of carboxylic acid groups (broad SMARTS) is 1. The van der Waals surface area contributed by atoms with Gasteiger partial charge in [0.1, 0.15) is 12.0 Å². The van der Waals surface area contributed by atoms with Crippen LogP contribution in [0.1, 0.15) is 12.5 Å². The first kappa shape index (κ1) is 24.1. The van der Waals surface area contributed by atoms with E-state index in [0.717, 1.165) is 5.56 Å². The van der Waals surface area contributed by atoms with Gasteiger partial charge in [-0.25, -0.2) is 0 Å². The molecule has 0 saturated carbocycles. The van der Waals surface area contributed by atoms with Crippen LogP contribution in [0.4, 0.5) is 13.2 Å². The summed E-state index contributed by atoms with van der Waals surface area (Å²) in [5.74, 6) is -3.35. The van der Waals surface area contributed by atoms with E-state index in [1.807, 2.05) is 30.3 Å². The van der Waals surface area contributed by atoms with Crippen molar-refractivity contribution in [1.82, 2.24) is 5.32 Å². The first-order valence-electron chi connectivity index (χ1n) is 6.09. The van der Waals surface area contributed by atoms with E-state index in [1.165, 1.54) is 6.92 Å². The van der Waals surface area contributed by atoms with Gasteiger partial charge in [-0.15, -0.1) is 0 Å². The fraction of sp³-hybridized carbons (Fsp3) is 0.385. The molecule has 10 heteroatoms. The first-order chi connectivity index (χ1) is 10.1. The first-order valence-corrected chi connectivity index (χ1v) is 6.09. The van der Waals surface area contributed by atoms with Crippen LogP contribution in [0.2, 0.25) is 0 Å². The van der Waals surface area contributed by atoms with Crippen molar-refractivity contribution in [3.63, 3.8) is 0 Å². The number of carbonyl (C=O) groups is 2. The minimum absolute atomic E-state index is 0. The normalized spacial score (nSPS) is 12.8. The van der Waals surface area contributed by atoms with E-state index >= 15 is 0 Å². The van der Waals surface area contributed by atoms with Crippen LogP contribution in [-0.2, 0) is 16.1 Å². The van der Waals surface area contributed by atoms with Crippen molar-refractivity contribution >= 4 is 11.9 Å². The molecule has 4 N–H and O–H groups in total. The molecule has 1 unspecified atom stereocenters. The molecular formula is C13H16F3N2NaO4. The van der Waals surface area contributed by atoms with E-state index in [1.54, 1.807) is 0 Å². The maximum absolute atomic E-state index is 11.4. The van der Waals surface area contributed by atoms with Crippen LogP contribution in [0.5, 0.6) is 0 Å². The third-order valence-corrected chi connectivity index (χ3v) is 2.36. The molecule has 1 rings (SSSR count). The number of hydrogen-bond donors (Lipinski definition) is 3. The van der Waals surface area contributed by atoms with Gasteiger partial charge in [-0.3, -0.25) is 4.79 Å². The Bertz CT molecular complexity index is 484. The van der Waals surface area contributed by atoms with Crippen LogP contribution in [-0.4, -0.2) is 35.3 Å². The topological polar surface area (TPSA) is 115 Å². The molecule has 0 saturated heterocycles. The van der Waals surface area contributed by atoms with Gasteiger partial charge >= 0.3 is 35.7 Å². The van der Waals surface area contributed by atoms with E-state index < -0.39 is 24.3 Å². The van der Waals surface area contributed by atoms with Crippen LogP contribution in [0, 0.1) is 0 Å². The molecule has 2 atom stereocenters. The number of hydrogen-bond acceptors (Lipinski definition) is 5. The molecule has 0 fully saturated rings. The number of nitrogens with one attached hydrogen (secondary N) is 1. The molecule has 0 spiro atoms. The number of rotatable bonds is 4. The number of carbonyl (C=O) groups excluding carboxylic acids is 2. The number of carboxylic acids is 1. The molecule has 0 aromatic heterocycles. The number of aliphatic carboxylic acids is 1. The Kier molecular flexibility index (Phi) is 12.0. The molecule has 1 aromatic carbocycles. The Labute approximate surface area is 153 Å².